The number of carbonyl (C=O) groups excluding carboxylic acids is 2. The average Bonchev–Trinajstić information content (AvgIpc) is 2.66. The van der Waals surface area contributed by atoms with Gasteiger partial charge in [-0.1, -0.05) is 43.9 Å². The first-order valence-electron chi connectivity index (χ1n) is 11.4. The van der Waals surface area contributed by atoms with E-state index in [0.29, 0.717) is 18.8 Å². The van der Waals surface area contributed by atoms with Gasteiger partial charge in [-0.25, -0.2) is 0 Å². The molecule has 0 aromatic heterocycles. The number of unbranched alkanes of at least 4 members (excludes halogenated alkanes) is 6. The lowest BCUT2D eigenvalue weighted by Gasteiger charge is -2.11. The molecule has 0 aromatic rings. The van der Waals surface area contributed by atoms with Crippen LogP contribution in [0.4, 0.5) is 0 Å². The maximum Gasteiger partial charge on any atom is 0.325 e. The molecule has 1 atom stereocenters. The van der Waals surface area contributed by atoms with Crippen molar-refractivity contribution in [1.29, 1.82) is 0 Å². The predicted octanol–water partition coefficient (Wildman–Crippen LogP) is 5.46. The molecule has 0 saturated heterocycles. The van der Waals surface area contributed by atoms with Crippen LogP contribution in [0.3, 0.4) is 0 Å². The molecule has 0 aliphatic heterocycles. The molecule has 0 bridgehead atoms. The lowest BCUT2D eigenvalue weighted by Crippen LogP contribution is -2.18. The van der Waals surface area contributed by atoms with Crippen LogP contribution >= 0.6 is 0 Å². The molecule has 0 rings (SSSR count). The smallest absolute Gasteiger partial charge is 0.325 e. The Kier molecular flexibility index (Phi) is 18.2. The summed E-state index contributed by atoms with van der Waals surface area (Å²) in [6, 6.07) is 0. The van der Waals surface area contributed by atoms with Crippen molar-refractivity contribution in [3.63, 3.8) is 0 Å². The molecule has 174 valence electrons. The van der Waals surface area contributed by atoms with Gasteiger partial charge in [0.1, 0.15) is 0 Å². The van der Waals surface area contributed by atoms with Crippen molar-refractivity contribution in [2.45, 2.75) is 83.5 Å². The third-order valence-corrected chi connectivity index (χ3v) is 4.73. The van der Waals surface area contributed by atoms with E-state index in [1.54, 1.807) is 28.2 Å². The molecule has 0 saturated carbocycles. The van der Waals surface area contributed by atoms with Crippen molar-refractivity contribution in [2.24, 2.45) is 5.92 Å². The van der Waals surface area contributed by atoms with Gasteiger partial charge in [0.05, 0.1) is 0 Å². The van der Waals surface area contributed by atoms with Gasteiger partial charge in [0.2, 0.25) is 0 Å². The Bertz CT molecular complexity index is 490. The largest absolute Gasteiger partial charge is 0.369 e. The predicted molar refractivity (Wildman–Crippen MR) is 122 cm³/mol. The molecule has 6 nitrogen and oxygen atoms in total. The summed E-state index contributed by atoms with van der Waals surface area (Å²) in [6.45, 7) is 3.97. The van der Waals surface area contributed by atoms with E-state index in [4.69, 9.17) is 9.68 Å². The minimum atomic E-state index is -0.155. The Hall–Kier alpha value is -1.66. The number of hydrogen-bond donors (Lipinski definition) is 0. The Morgan fingerprint density at radius 1 is 0.733 bits per heavy atom. The topological polar surface area (TPSA) is 59.1 Å². The van der Waals surface area contributed by atoms with Crippen LogP contribution in [-0.2, 0) is 19.3 Å². The summed E-state index contributed by atoms with van der Waals surface area (Å²) in [6.07, 6.45) is 19.4. The fourth-order valence-electron chi connectivity index (χ4n) is 3.16. The summed E-state index contributed by atoms with van der Waals surface area (Å²) in [5.74, 6) is 0.242. The monoisotopic (exact) mass is 424 g/mol. The van der Waals surface area contributed by atoms with Crippen molar-refractivity contribution >= 4 is 11.9 Å². The molecular formula is C24H44N2O4. The molecule has 1 unspecified atom stereocenters. The fraction of sp³-hybridized carbons (Fsp3) is 0.750. The van der Waals surface area contributed by atoms with Crippen LogP contribution in [0, 0.1) is 5.92 Å². The van der Waals surface area contributed by atoms with Crippen LogP contribution in [-0.4, -0.2) is 50.3 Å². The van der Waals surface area contributed by atoms with Crippen LogP contribution in [0.25, 0.3) is 0 Å². The number of rotatable bonds is 19. The maximum absolute atomic E-state index is 11.5. The van der Waals surface area contributed by atoms with Gasteiger partial charge in [-0.3, -0.25) is 9.59 Å². The van der Waals surface area contributed by atoms with E-state index < -0.39 is 0 Å². The van der Waals surface area contributed by atoms with Gasteiger partial charge in [0.25, 0.3) is 0 Å². The molecule has 0 aliphatic carbocycles. The molecular weight excluding hydrogens is 380 g/mol. The highest BCUT2D eigenvalue weighted by Gasteiger charge is 2.06. The van der Waals surface area contributed by atoms with Crippen molar-refractivity contribution in [1.82, 2.24) is 10.1 Å². The summed E-state index contributed by atoms with van der Waals surface area (Å²) in [5.41, 5.74) is 0. The lowest BCUT2D eigenvalue weighted by atomic mass is 9.96. The molecule has 0 N–H and O–H groups in total. The van der Waals surface area contributed by atoms with Crippen LogP contribution in [0.15, 0.2) is 24.8 Å². The van der Waals surface area contributed by atoms with Crippen molar-refractivity contribution in [3.05, 3.63) is 24.8 Å². The number of carbonyl (C=O) groups is 2. The molecule has 0 aliphatic rings. The Balaban J connectivity index is 3.58. The maximum atomic E-state index is 11.5. The highest BCUT2D eigenvalue weighted by molar-refractivity contribution is 5.69. The molecule has 0 fully saturated rings. The van der Waals surface area contributed by atoms with E-state index in [0.717, 1.165) is 64.2 Å². The minimum absolute atomic E-state index is 0.150. The van der Waals surface area contributed by atoms with Crippen LogP contribution in [0.1, 0.15) is 83.5 Å². The summed E-state index contributed by atoms with van der Waals surface area (Å²) < 4.78 is 0. The molecule has 30 heavy (non-hydrogen) atoms. The third-order valence-electron chi connectivity index (χ3n) is 4.73. The van der Waals surface area contributed by atoms with Gasteiger partial charge < -0.3 is 9.68 Å². The fourth-order valence-corrected chi connectivity index (χ4v) is 3.16. The van der Waals surface area contributed by atoms with Crippen LogP contribution in [0.5, 0.6) is 0 Å². The average molecular weight is 425 g/mol. The Labute approximate surface area is 184 Å². The van der Waals surface area contributed by atoms with Crippen molar-refractivity contribution in [2.75, 3.05) is 28.2 Å². The molecule has 0 heterocycles. The highest BCUT2D eigenvalue weighted by atomic mass is 16.7. The second kappa shape index (κ2) is 19.3. The van der Waals surface area contributed by atoms with Gasteiger partial charge in [0, 0.05) is 41.0 Å². The highest BCUT2D eigenvalue weighted by Crippen LogP contribution is 2.18. The van der Waals surface area contributed by atoms with Gasteiger partial charge in [-0.2, -0.15) is 0 Å². The number of allylic oxidation sites excluding steroid dienone is 3. The zero-order chi connectivity index (χ0) is 22.6. The molecule has 0 amide bonds. The van der Waals surface area contributed by atoms with Gasteiger partial charge >= 0.3 is 11.9 Å². The normalized spacial score (nSPS) is 12.5. The second-order valence-corrected chi connectivity index (χ2v) is 8.15. The van der Waals surface area contributed by atoms with Gasteiger partial charge in [-0.05, 0) is 50.9 Å². The van der Waals surface area contributed by atoms with E-state index >= 15 is 0 Å². The minimum Gasteiger partial charge on any atom is -0.369 e. The first kappa shape index (κ1) is 28.3. The Morgan fingerprint density at radius 3 is 1.77 bits per heavy atom. The number of hydrogen-bond acceptors (Lipinski definition) is 6. The summed E-state index contributed by atoms with van der Waals surface area (Å²) in [7, 11) is 6.87. The summed E-state index contributed by atoms with van der Waals surface area (Å²) in [4.78, 5) is 32.8. The van der Waals surface area contributed by atoms with E-state index in [-0.39, 0.29) is 11.9 Å². The Morgan fingerprint density at radius 2 is 1.23 bits per heavy atom. The van der Waals surface area contributed by atoms with Crippen LogP contribution in [0.2, 0.25) is 0 Å². The lowest BCUT2D eigenvalue weighted by molar-refractivity contribution is -0.179. The zero-order valence-electron chi connectivity index (χ0n) is 19.7. The first-order valence-corrected chi connectivity index (χ1v) is 11.4. The molecule has 0 aromatic carbocycles. The second-order valence-electron chi connectivity index (χ2n) is 8.15. The first-order chi connectivity index (χ1) is 14.3. The van der Waals surface area contributed by atoms with Crippen molar-refractivity contribution in [3.8, 4) is 0 Å². The van der Waals surface area contributed by atoms with Crippen LogP contribution < -0.4 is 0 Å². The van der Waals surface area contributed by atoms with E-state index in [1.807, 2.05) is 0 Å². The third kappa shape index (κ3) is 19.6. The van der Waals surface area contributed by atoms with E-state index in [9.17, 15) is 9.59 Å². The molecule has 0 radical (unpaired) electrons. The summed E-state index contributed by atoms with van der Waals surface area (Å²) >= 11 is 0. The van der Waals surface area contributed by atoms with Gasteiger partial charge in [0.15, 0.2) is 0 Å². The molecule has 6 heteroatoms. The van der Waals surface area contributed by atoms with Gasteiger partial charge in [-0.15, -0.1) is 16.7 Å². The standard InChI is InChI=1S/C24H44N2O4/c1-6-22(19-15-13-17-21-24(28)30-26(4)5)18-14-11-9-7-8-10-12-16-20-23(27)29-25(2)3/h6,9,11,22H,1,7-8,10,12-21H2,2-5H3. The quantitative estimate of drug-likeness (QED) is 0.156. The van der Waals surface area contributed by atoms with E-state index in [2.05, 4.69) is 24.8 Å². The SMILES string of the molecule is C=CC(CCC=CCCCCCCC(=O)ON(C)C)CCCCCC(=O)ON(C)C. The summed E-state index contributed by atoms with van der Waals surface area (Å²) in [5, 5.41) is 2.88. The number of nitrogens with zero attached hydrogens (tertiary/aromatic N) is 2. The molecule has 0 spiro atoms. The number of hydroxylamine groups is 4. The van der Waals surface area contributed by atoms with E-state index in [1.165, 1.54) is 16.5 Å². The van der Waals surface area contributed by atoms with Crippen molar-refractivity contribution < 1.29 is 19.3 Å². The zero-order valence-corrected chi connectivity index (χ0v) is 19.7.